The van der Waals surface area contributed by atoms with Crippen molar-refractivity contribution in [2.75, 3.05) is 7.05 Å². The highest BCUT2D eigenvalue weighted by molar-refractivity contribution is 7.09. The minimum absolute atomic E-state index is 0.0437. The molecule has 0 aliphatic carbocycles. The van der Waals surface area contributed by atoms with E-state index in [0.717, 1.165) is 18.4 Å². The van der Waals surface area contributed by atoms with Crippen molar-refractivity contribution < 1.29 is 8.78 Å². The highest BCUT2D eigenvalue weighted by atomic mass is 32.1. The highest BCUT2D eigenvalue weighted by Gasteiger charge is 2.12. The van der Waals surface area contributed by atoms with E-state index in [2.05, 4.69) is 11.4 Å². The Balaban J connectivity index is 2.05. The molecule has 0 aliphatic rings. The van der Waals surface area contributed by atoms with Crippen molar-refractivity contribution >= 4 is 11.3 Å². The summed E-state index contributed by atoms with van der Waals surface area (Å²) in [6.07, 6.45) is 1.80. The van der Waals surface area contributed by atoms with Crippen LogP contribution >= 0.6 is 11.3 Å². The largest absolute Gasteiger partial charge is 0.313 e. The number of nitrogens with one attached hydrogen (secondary N) is 1. The second kappa shape index (κ2) is 6.07. The molecule has 0 fully saturated rings. The molecule has 1 aromatic carbocycles. The van der Waals surface area contributed by atoms with Crippen LogP contribution in [-0.4, -0.2) is 7.05 Å². The van der Waals surface area contributed by atoms with Crippen LogP contribution in [0, 0.1) is 11.6 Å². The maximum atomic E-state index is 13.2. The fourth-order valence-electron chi connectivity index (χ4n) is 1.95. The van der Waals surface area contributed by atoms with E-state index in [9.17, 15) is 8.78 Å². The summed E-state index contributed by atoms with van der Waals surface area (Å²) in [5.41, 5.74) is 0.785. The predicted octanol–water partition coefficient (Wildman–Crippen LogP) is 3.92. The van der Waals surface area contributed by atoms with Crippen LogP contribution in [0.15, 0.2) is 35.7 Å². The molecule has 2 rings (SSSR count). The molecule has 1 N–H and O–H groups in total. The second-order valence-electron chi connectivity index (χ2n) is 4.13. The van der Waals surface area contributed by atoms with E-state index in [-0.39, 0.29) is 6.04 Å². The Labute approximate surface area is 109 Å². The van der Waals surface area contributed by atoms with Crippen molar-refractivity contribution in [3.05, 3.63) is 57.8 Å². The average molecular weight is 267 g/mol. The molecule has 18 heavy (non-hydrogen) atoms. The number of thiophene rings is 1. The molecule has 0 aliphatic heterocycles. The summed E-state index contributed by atoms with van der Waals surface area (Å²) in [7, 11) is 1.83. The Morgan fingerprint density at radius 3 is 2.67 bits per heavy atom. The Hall–Kier alpha value is -1.26. The lowest BCUT2D eigenvalue weighted by atomic mass is 10.0. The van der Waals surface area contributed by atoms with Gasteiger partial charge in [-0.2, -0.15) is 0 Å². The summed E-state index contributed by atoms with van der Waals surface area (Å²) >= 11 is 1.71. The average Bonchev–Trinajstić information content (AvgIpc) is 2.87. The zero-order chi connectivity index (χ0) is 13.0. The maximum Gasteiger partial charge on any atom is 0.159 e. The summed E-state index contributed by atoms with van der Waals surface area (Å²) < 4.78 is 26.1. The summed E-state index contributed by atoms with van der Waals surface area (Å²) in [5.74, 6) is -1.59. The van der Waals surface area contributed by atoms with Crippen molar-refractivity contribution in [2.24, 2.45) is 0 Å². The van der Waals surface area contributed by atoms with Gasteiger partial charge in [0.1, 0.15) is 0 Å². The molecule has 1 heterocycles. The van der Waals surface area contributed by atoms with Gasteiger partial charge in [0.15, 0.2) is 11.6 Å². The van der Waals surface area contributed by atoms with Gasteiger partial charge in [-0.15, -0.1) is 11.3 Å². The molecule has 4 heteroatoms. The van der Waals surface area contributed by atoms with Crippen molar-refractivity contribution in [3.63, 3.8) is 0 Å². The second-order valence-corrected chi connectivity index (χ2v) is 5.17. The Morgan fingerprint density at radius 2 is 2.06 bits per heavy atom. The fraction of sp³-hybridized carbons (Fsp3) is 0.286. The van der Waals surface area contributed by atoms with Gasteiger partial charge in [-0.3, -0.25) is 0 Å². The summed E-state index contributed by atoms with van der Waals surface area (Å²) in [6, 6.07) is 8.23. The van der Waals surface area contributed by atoms with E-state index in [1.54, 1.807) is 17.4 Å². The minimum atomic E-state index is -0.799. The van der Waals surface area contributed by atoms with E-state index in [1.807, 2.05) is 18.5 Å². The lowest BCUT2D eigenvalue weighted by Crippen LogP contribution is -2.17. The van der Waals surface area contributed by atoms with Crippen molar-refractivity contribution in [2.45, 2.75) is 18.9 Å². The number of hydrogen-bond acceptors (Lipinski definition) is 2. The van der Waals surface area contributed by atoms with Crippen LogP contribution in [-0.2, 0) is 6.42 Å². The third-order valence-corrected chi connectivity index (χ3v) is 3.89. The molecular weight excluding hydrogens is 252 g/mol. The first-order valence-corrected chi connectivity index (χ1v) is 6.73. The molecule has 1 atom stereocenters. The zero-order valence-corrected chi connectivity index (χ0v) is 10.9. The van der Waals surface area contributed by atoms with Crippen molar-refractivity contribution in [1.29, 1.82) is 0 Å². The standard InChI is InChI=1S/C14H15F2NS/c1-17-14(7-5-11-3-2-8-18-11)10-4-6-12(15)13(16)9-10/h2-4,6,8-9,14,17H,5,7H2,1H3. The topological polar surface area (TPSA) is 12.0 Å². The molecule has 0 saturated carbocycles. The Morgan fingerprint density at radius 1 is 1.22 bits per heavy atom. The highest BCUT2D eigenvalue weighted by Crippen LogP contribution is 2.22. The Kier molecular flexibility index (Phi) is 4.44. The molecule has 0 amide bonds. The molecule has 2 aromatic rings. The fourth-order valence-corrected chi connectivity index (χ4v) is 2.67. The number of benzene rings is 1. The lowest BCUT2D eigenvalue weighted by molar-refractivity contribution is 0.497. The van der Waals surface area contributed by atoms with Gasteiger partial charge in [-0.25, -0.2) is 8.78 Å². The summed E-state index contributed by atoms with van der Waals surface area (Å²) in [5, 5.41) is 5.19. The molecular formula is C14H15F2NS. The zero-order valence-electron chi connectivity index (χ0n) is 10.1. The van der Waals surface area contributed by atoms with E-state index in [4.69, 9.17) is 0 Å². The van der Waals surface area contributed by atoms with E-state index in [1.165, 1.54) is 17.0 Å². The van der Waals surface area contributed by atoms with Crippen LogP contribution in [0.3, 0.4) is 0 Å². The smallest absolute Gasteiger partial charge is 0.159 e. The van der Waals surface area contributed by atoms with Crippen LogP contribution in [0.25, 0.3) is 0 Å². The number of halogens is 2. The first-order chi connectivity index (χ1) is 8.70. The van der Waals surface area contributed by atoms with Crippen LogP contribution in [0.1, 0.15) is 22.9 Å². The summed E-state index contributed by atoms with van der Waals surface area (Å²) in [6.45, 7) is 0. The number of aryl methyl sites for hydroxylation is 1. The molecule has 0 bridgehead atoms. The first-order valence-electron chi connectivity index (χ1n) is 5.85. The van der Waals surface area contributed by atoms with Crippen LogP contribution < -0.4 is 5.32 Å². The molecule has 1 unspecified atom stereocenters. The normalized spacial score (nSPS) is 12.6. The van der Waals surface area contributed by atoms with E-state index in [0.29, 0.717) is 0 Å². The first kappa shape index (κ1) is 13.2. The lowest BCUT2D eigenvalue weighted by Gasteiger charge is -2.16. The minimum Gasteiger partial charge on any atom is -0.313 e. The van der Waals surface area contributed by atoms with Gasteiger partial charge >= 0.3 is 0 Å². The van der Waals surface area contributed by atoms with Gasteiger partial charge in [0.25, 0.3) is 0 Å². The van der Waals surface area contributed by atoms with Gasteiger partial charge in [-0.05, 0) is 49.0 Å². The van der Waals surface area contributed by atoms with Gasteiger partial charge in [0.2, 0.25) is 0 Å². The van der Waals surface area contributed by atoms with Gasteiger partial charge in [0, 0.05) is 10.9 Å². The van der Waals surface area contributed by atoms with Crippen LogP contribution in [0.5, 0.6) is 0 Å². The summed E-state index contributed by atoms with van der Waals surface area (Å²) in [4.78, 5) is 1.30. The molecule has 1 aromatic heterocycles. The SMILES string of the molecule is CNC(CCc1cccs1)c1ccc(F)c(F)c1. The van der Waals surface area contributed by atoms with Gasteiger partial charge in [0.05, 0.1) is 0 Å². The maximum absolute atomic E-state index is 13.2. The van der Waals surface area contributed by atoms with E-state index >= 15 is 0 Å². The van der Waals surface area contributed by atoms with Crippen LogP contribution in [0.4, 0.5) is 8.78 Å². The third kappa shape index (κ3) is 3.15. The van der Waals surface area contributed by atoms with Gasteiger partial charge < -0.3 is 5.32 Å². The molecule has 96 valence electrons. The molecule has 1 nitrogen and oxygen atoms in total. The van der Waals surface area contributed by atoms with Crippen molar-refractivity contribution in [1.82, 2.24) is 5.32 Å². The monoisotopic (exact) mass is 267 g/mol. The third-order valence-electron chi connectivity index (χ3n) is 2.95. The van der Waals surface area contributed by atoms with Gasteiger partial charge in [-0.1, -0.05) is 12.1 Å². The molecule has 0 radical (unpaired) electrons. The quantitative estimate of drug-likeness (QED) is 0.865. The number of hydrogen-bond donors (Lipinski definition) is 1. The number of rotatable bonds is 5. The van der Waals surface area contributed by atoms with E-state index < -0.39 is 11.6 Å². The van der Waals surface area contributed by atoms with Crippen LogP contribution in [0.2, 0.25) is 0 Å². The Bertz CT molecular complexity index is 497. The molecule has 0 spiro atoms. The molecule has 0 saturated heterocycles. The van der Waals surface area contributed by atoms with Crippen molar-refractivity contribution in [3.8, 4) is 0 Å². The predicted molar refractivity (Wildman–Crippen MR) is 70.8 cm³/mol.